The van der Waals surface area contributed by atoms with E-state index in [2.05, 4.69) is 0 Å². The van der Waals surface area contributed by atoms with Crippen LogP contribution >= 0.6 is 0 Å². The quantitative estimate of drug-likeness (QED) is 0.465. The van der Waals surface area contributed by atoms with E-state index in [0.717, 1.165) is 5.56 Å². The standard InChI is InChI=1S/C24H29N3O7/c1-26(2)9-10-5-6-14(28)16-12(10)7-11-8-13-18(27(3)4)20(30)17(23(25)33)22(32)24(13,34)21(31)15(11)19(16)29/h5-6,11,13,15,17-18,28,34H,7-9H2,1-4H3,(H2,25,33). The Morgan fingerprint density at radius 2 is 1.76 bits per heavy atom. The summed E-state index contributed by atoms with van der Waals surface area (Å²) < 4.78 is 0. The summed E-state index contributed by atoms with van der Waals surface area (Å²) in [6.45, 7) is 0.506. The van der Waals surface area contributed by atoms with Gasteiger partial charge in [0.25, 0.3) is 0 Å². The van der Waals surface area contributed by atoms with Gasteiger partial charge in [-0.1, -0.05) is 6.07 Å². The van der Waals surface area contributed by atoms with E-state index in [0.29, 0.717) is 12.1 Å². The van der Waals surface area contributed by atoms with Gasteiger partial charge in [-0.2, -0.15) is 0 Å². The van der Waals surface area contributed by atoms with Crippen molar-refractivity contribution in [2.75, 3.05) is 28.2 Å². The Hall–Kier alpha value is -2.95. The van der Waals surface area contributed by atoms with Crippen LogP contribution < -0.4 is 5.73 Å². The van der Waals surface area contributed by atoms with E-state index in [1.807, 2.05) is 19.0 Å². The molecular weight excluding hydrogens is 442 g/mol. The number of nitrogens with two attached hydrogens (primary N) is 1. The SMILES string of the molecule is CN(C)Cc1ccc(O)c2c1CC1CC3C(N(C)C)C(=O)C(C(N)=O)C(=O)C3(O)C(=O)C1C2=O. The molecule has 4 N–H and O–H groups in total. The molecule has 0 spiro atoms. The lowest BCUT2D eigenvalue weighted by molar-refractivity contribution is -0.181. The minimum atomic E-state index is -2.70. The van der Waals surface area contributed by atoms with Crippen LogP contribution in [0, 0.1) is 23.7 Å². The number of carbonyl (C=O) groups excluding carboxylic acids is 5. The average molecular weight is 472 g/mol. The largest absolute Gasteiger partial charge is 0.507 e. The number of ketones is 4. The van der Waals surface area contributed by atoms with Gasteiger partial charge in [0.15, 0.2) is 34.7 Å². The van der Waals surface area contributed by atoms with Gasteiger partial charge in [0.05, 0.1) is 17.5 Å². The van der Waals surface area contributed by atoms with Crippen LogP contribution in [0.3, 0.4) is 0 Å². The molecule has 0 aromatic heterocycles. The van der Waals surface area contributed by atoms with Gasteiger partial charge in [0, 0.05) is 12.5 Å². The maximum Gasteiger partial charge on any atom is 0.235 e. The number of Topliss-reactive ketones (excluding diaryl/α,β-unsaturated/α-hetero) is 4. The first-order chi connectivity index (χ1) is 15.8. The number of phenols is 1. The van der Waals surface area contributed by atoms with Crippen molar-refractivity contribution >= 4 is 29.0 Å². The molecule has 1 aromatic rings. The molecule has 6 unspecified atom stereocenters. The number of hydrogen-bond donors (Lipinski definition) is 3. The van der Waals surface area contributed by atoms with Crippen molar-refractivity contribution in [3.63, 3.8) is 0 Å². The van der Waals surface area contributed by atoms with Crippen LogP contribution in [0.2, 0.25) is 0 Å². The van der Waals surface area contributed by atoms with Crippen molar-refractivity contribution in [1.29, 1.82) is 0 Å². The summed E-state index contributed by atoms with van der Waals surface area (Å²) in [6.07, 6.45) is 0.310. The second-order valence-corrected chi connectivity index (χ2v) is 10.1. The minimum absolute atomic E-state index is 0.0194. The van der Waals surface area contributed by atoms with E-state index in [-0.39, 0.29) is 24.2 Å². The van der Waals surface area contributed by atoms with Crippen LogP contribution in [-0.2, 0) is 32.1 Å². The third-order valence-electron chi connectivity index (χ3n) is 7.53. The van der Waals surface area contributed by atoms with E-state index in [4.69, 9.17) is 5.73 Å². The van der Waals surface area contributed by atoms with Crippen LogP contribution in [0.25, 0.3) is 0 Å². The molecule has 1 amide bonds. The summed E-state index contributed by atoms with van der Waals surface area (Å²) in [5, 5.41) is 22.0. The summed E-state index contributed by atoms with van der Waals surface area (Å²) in [5.74, 6) is -10.3. The highest BCUT2D eigenvalue weighted by Crippen LogP contribution is 2.51. The summed E-state index contributed by atoms with van der Waals surface area (Å²) in [4.78, 5) is 68.9. The number of aromatic hydroxyl groups is 1. The van der Waals surface area contributed by atoms with Gasteiger partial charge in [-0.05, 0) is 64.1 Å². The van der Waals surface area contributed by atoms with Gasteiger partial charge >= 0.3 is 0 Å². The van der Waals surface area contributed by atoms with Crippen LogP contribution in [0.15, 0.2) is 12.1 Å². The summed E-state index contributed by atoms with van der Waals surface area (Å²) >= 11 is 0. The highest BCUT2D eigenvalue weighted by molar-refractivity contribution is 6.32. The van der Waals surface area contributed by atoms with Gasteiger partial charge in [-0.15, -0.1) is 0 Å². The average Bonchev–Trinajstić information content (AvgIpc) is 2.72. The number of amides is 1. The highest BCUT2D eigenvalue weighted by atomic mass is 16.3. The number of fused-ring (bicyclic) bond motifs is 3. The Balaban J connectivity index is 1.86. The molecule has 10 heteroatoms. The topological polar surface area (TPSA) is 158 Å². The molecule has 1 aromatic carbocycles. The molecule has 0 bridgehead atoms. The number of phenolic OH excluding ortho intramolecular Hbond substituents is 1. The number of hydrogen-bond acceptors (Lipinski definition) is 9. The maximum atomic E-state index is 13.7. The fourth-order valence-electron chi connectivity index (χ4n) is 6.16. The molecule has 34 heavy (non-hydrogen) atoms. The monoisotopic (exact) mass is 471 g/mol. The molecule has 3 aliphatic rings. The summed E-state index contributed by atoms with van der Waals surface area (Å²) in [5.41, 5.74) is 4.08. The number of likely N-dealkylation sites (N-methyl/N-ethyl adjacent to an activating group) is 1. The zero-order valence-corrected chi connectivity index (χ0v) is 19.6. The molecule has 0 heterocycles. The third-order valence-corrected chi connectivity index (χ3v) is 7.53. The van der Waals surface area contributed by atoms with E-state index in [9.17, 15) is 34.2 Å². The normalized spacial score (nSPS) is 33.1. The number of benzene rings is 1. The van der Waals surface area contributed by atoms with Crippen LogP contribution in [0.4, 0.5) is 0 Å². The fraction of sp³-hybridized carbons (Fsp3) is 0.542. The summed E-state index contributed by atoms with van der Waals surface area (Å²) in [7, 11) is 6.85. The Morgan fingerprint density at radius 1 is 1.12 bits per heavy atom. The van der Waals surface area contributed by atoms with E-state index >= 15 is 0 Å². The molecule has 2 saturated carbocycles. The molecule has 0 saturated heterocycles. The highest BCUT2D eigenvalue weighted by Gasteiger charge is 2.69. The molecule has 0 aliphatic heterocycles. The lowest BCUT2D eigenvalue weighted by atomic mass is 9.52. The molecule has 10 nitrogen and oxygen atoms in total. The fourth-order valence-corrected chi connectivity index (χ4v) is 6.16. The lowest BCUT2D eigenvalue weighted by Crippen LogP contribution is -2.74. The van der Waals surface area contributed by atoms with Crippen LogP contribution in [-0.4, -0.2) is 88.9 Å². The predicted molar refractivity (Wildman–Crippen MR) is 119 cm³/mol. The van der Waals surface area contributed by atoms with E-state index < -0.39 is 64.4 Å². The molecule has 3 aliphatic carbocycles. The zero-order chi connectivity index (χ0) is 25.3. The van der Waals surface area contributed by atoms with E-state index in [1.54, 1.807) is 20.2 Å². The first-order valence-corrected chi connectivity index (χ1v) is 11.1. The number of nitrogens with zero attached hydrogens (tertiary/aromatic N) is 2. The van der Waals surface area contributed by atoms with E-state index in [1.165, 1.54) is 11.0 Å². The van der Waals surface area contributed by atoms with Crippen molar-refractivity contribution in [2.24, 2.45) is 29.4 Å². The van der Waals surface area contributed by atoms with Crippen molar-refractivity contribution in [2.45, 2.75) is 31.0 Å². The Morgan fingerprint density at radius 3 is 2.32 bits per heavy atom. The molecule has 6 atom stereocenters. The van der Waals surface area contributed by atoms with Crippen LogP contribution in [0.1, 0.15) is 27.9 Å². The van der Waals surface area contributed by atoms with Gasteiger partial charge in [-0.25, -0.2) is 0 Å². The van der Waals surface area contributed by atoms with Crippen molar-refractivity contribution < 1.29 is 34.2 Å². The number of rotatable bonds is 4. The molecular formula is C24H29N3O7. The molecule has 182 valence electrons. The van der Waals surface area contributed by atoms with Crippen molar-refractivity contribution in [3.8, 4) is 5.75 Å². The van der Waals surface area contributed by atoms with Crippen LogP contribution in [0.5, 0.6) is 5.75 Å². The summed E-state index contributed by atoms with van der Waals surface area (Å²) in [6, 6.07) is 2.03. The van der Waals surface area contributed by atoms with Crippen molar-refractivity contribution in [3.05, 3.63) is 28.8 Å². The first-order valence-electron chi connectivity index (χ1n) is 11.1. The molecule has 2 fully saturated rings. The maximum absolute atomic E-state index is 13.7. The van der Waals surface area contributed by atoms with Gasteiger partial charge in [0.1, 0.15) is 5.75 Å². The smallest absolute Gasteiger partial charge is 0.235 e. The third kappa shape index (κ3) is 3.24. The second-order valence-electron chi connectivity index (χ2n) is 10.1. The van der Waals surface area contributed by atoms with Gasteiger partial charge in [0.2, 0.25) is 5.91 Å². The van der Waals surface area contributed by atoms with Crippen molar-refractivity contribution in [1.82, 2.24) is 9.80 Å². The first kappa shape index (κ1) is 24.2. The predicted octanol–water partition coefficient (Wildman–Crippen LogP) is -1.07. The number of carbonyl (C=O) groups is 5. The minimum Gasteiger partial charge on any atom is -0.507 e. The Bertz CT molecular complexity index is 1130. The number of primary amides is 1. The van der Waals surface area contributed by atoms with Gasteiger partial charge in [-0.3, -0.25) is 28.9 Å². The Labute approximate surface area is 196 Å². The molecule has 4 rings (SSSR count). The second kappa shape index (κ2) is 8.07. The number of aliphatic hydroxyl groups is 1. The lowest BCUT2D eigenvalue weighted by Gasteiger charge is -2.52. The molecule has 0 radical (unpaired) electrons. The Kier molecular flexibility index (Phi) is 5.74. The van der Waals surface area contributed by atoms with Gasteiger partial charge < -0.3 is 20.8 Å². The zero-order valence-electron chi connectivity index (χ0n) is 19.6.